The topological polar surface area (TPSA) is 40.5 Å². The predicted molar refractivity (Wildman–Crippen MR) is 78.3 cm³/mol. The van der Waals surface area contributed by atoms with Crippen molar-refractivity contribution in [3.05, 3.63) is 33.1 Å². The van der Waals surface area contributed by atoms with E-state index in [0.29, 0.717) is 28.0 Å². The van der Waals surface area contributed by atoms with E-state index in [9.17, 15) is 4.79 Å². The minimum Gasteiger partial charge on any atom is -0.396 e. The molecule has 1 N–H and O–H groups in total. The average Bonchev–Trinajstić information content (AvgIpc) is 2.64. The Kier molecular flexibility index (Phi) is 3.43. The van der Waals surface area contributed by atoms with Gasteiger partial charge >= 0.3 is 0 Å². The van der Waals surface area contributed by atoms with Gasteiger partial charge in [0.05, 0.1) is 5.02 Å². The smallest absolute Gasteiger partial charge is 0.265 e. The third kappa shape index (κ3) is 2.23. The van der Waals surface area contributed by atoms with Crippen LogP contribution in [0.2, 0.25) is 10.0 Å². The largest absolute Gasteiger partial charge is 0.396 e. The fourth-order valence-corrected chi connectivity index (χ4v) is 3.93. The molecule has 1 aliphatic heterocycles. The van der Waals surface area contributed by atoms with E-state index in [4.69, 9.17) is 28.3 Å². The average molecular weight is 316 g/mol. The van der Waals surface area contributed by atoms with Gasteiger partial charge in [0, 0.05) is 40.7 Å². The number of hydrogen-bond acceptors (Lipinski definition) is 3. The summed E-state index contributed by atoms with van der Waals surface area (Å²) in [5.41, 5.74) is 0. The van der Waals surface area contributed by atoms with Gasteiger partial charge in [-0.1, -0.05) is 29.3 Å². The first kappa shape index (κ1) is 13.2. The molecule has 1 aromatic heterocycles. The van der Waals surface area contributed by atoms with Crippen LogP contribution in [-0.4, -0.2) is 35.6 Å². The highest BCUT2D eigenvalue weighted by atomic mass is 35.5. The van der Waals surface area contributed by atoms with Gasteiger partial charge in [-0.05, 0) is 12.1 Å². The predicted octanol–water partition coefficient (Wildman–Crippen LogP) is 3.27. The van der Waals surface area contributed by atoms with E-state index in [1.807, 2.05) is 12.1 Å². The molecule has 0 bridgehead atoms. The monoisotopic (exact) mass is 315 g/mol. The number of amides is 1. The molecule has 100 valence electrons. The van der Waals surface area contributed by atoms with Crippen LogP contribution >= 0.6 is 34.5 Å². The van der Waals surface area contributed by atoms with Gasteiger partial charge in [-0.15, -0.1) is 11.3 Å². The number of rotatable bonds is 2. The minimum absolute atomic E-state index is 0.0629. The molecule has 0 radical (unpaired) electrons. The Morgan fingerprint density at radius 3 is 2.84 bits per heavy atom. The van der Waals surface area contributed by atoms with E-state index >= 15 is 0 Å². The van der Waals surface area contributed by atoms with E-state index in [0.717, 1.165) is 10.1 Å². The first-order chi connectivity index (χ1) is 9.10. The van der Waals surface area contributed by atoms with Crippen LogP contribution in [0.1, 0.15) is 9.67 Å². The fraction of sp³-hybridized carbons (Fsp3) is 0.308. The number of carbonyl (C=O) groups is 1. The van der Waals surface area contributed by atoms with Crippen molar-refractivity contribution in [2.24, 2.45) is 5.92 Å². The summed E-state index contributed by atoms with van der Waals surface area (Å²) in [5.74, 6) is 0.138. The first-order valence-electron chi connectivity index (χ1n) is 5.88. The normalized spacial score (nSPS) is 15.8. The summed E-state index contributed by atoms with van der Waals surface area (Å²) in [6, 6.07) is 5.42. The number of fused-ring (bicyclic) bond motifs is 1. The third-order valence-corrected chi connectivity index (χ3v) is 5.17. The molecule has 0 saturated carbocycles. The summed E-state index contributed by atoms with van der Waals surface area (Å²) < 4.78 is 0.917. The maximum atomic E-state index is 12.3. The number of nitrogens with zero attached hydrogens (tertiary/aromatic N) is 1. The quantitative estimate of drug-likeness (QED) is 0.924. The van der Waals surface area contributed by atoms with Crippen molar-refractivity contribution in [1.29, 1.82) is 0 Å². The van der Waals surface area contributed by atoms with Gasteiger partial charge in [-0.2, -0.15) is 0 Å². The zero-order valence-electron chi connectivity index (χ0n) is 9.90. The molecule has 2 aromatic rings. The van der Waals surface area contributed by atoms with Gasteiger partial charge < -0.3 is 10.0 Å². The minimum atomic E-state index is -0.0629. The fourth-order valence-electron chi connectivity index (χ4n) is 2.17. The summed E-state index contributed by atoms with van der Waals surface area (Å²) in [5, 5.41) is 11.0. The molecule has 1 saturated heterocycles. The van der Waals surface area contributed by atoms with Crippen LogP contribution in [-0.2, 0) is 0 Å². The maximum absolute atomic E-state index is 12.3. The number of carbonyl (C=O) groups excluding carboxylic acids is 1. The van der Waals surface area contributed by atoms with Crippen LogP contribution in [0.3, 0.4) is 0 Å². The van der Waals surface area contributed by atoms with Crippen molar-refractivity contribution >= 4 is 50.5 Å². The second-order valence-electron chi connectivity index (χ2n) is 4.64. The van der Waals surface area contributed by atoms with Gasteiger partial charge in [0.25, 0.3) is 5.91 Å². The molecule has 3 rings (SSSR count). The molecule has 1 aromatic carbocycles. The van der Waals surface area contributed by atoms with Crippen LogP contribution in [0.15, 0.2) is 18.2 Å². The van der Waals surface area contributed by atoms with Gasteiger partial charge in [0.15, 0.2) is 0 Å². The van der Waals surface area contributed by atoms with Crippen LogP contribution in [0.5, 0.6) is 0 Å². The second-order valence-corrected chi connectivity index (χ2v) is 6.51. The summed E-state index contributed by atoms with van der Waals surface area (Å²) >= 11 is 13.6. The summed E-state index contributed by atoms with van der Waals surface area (Å²) in [7, 11) is 0. The van der Waals surface area contributed by atoms with Crippen molar-refractivity contribution in [2.75, 3.05) is 19.7 Å². The maximum Gasteiger partial charge on any atom is 0.265 e. The first-order valence-corrected chi connectivity index (χ1v) is 7.45. The van der Waals surface area contributed by atoms with Crippen LogP contribution in [0, 0.1) is 5.92 Å². The van der Waals surface area contributed by atoms with Crippen molar-refractivity contribution in [3.8, 4) is 0 Å². The molecular weight excluding hydrogens is 305 g/mol. The number of thiophene rings is 1. The van der Waals surface area contributed by atoms with E-state index in [-0.39, 0.29) is 18.4 Å². The second kappa shape index (κ2) is 4.94. The molecule has 1 fully saturated rings. The van der Waals surface area contributed by atoms with Gasteiger partial charge in [0.1, 0.15) is 4.88 Å². The highest BCUT2D eigenvalue weighted by Gasteiger charge is 2.32. The number of hydrogen-bond donors (Lipinski definition) is 1. The van der Waals surface area contributed by atoms with Crippen molar-refractivity contribution in [3.63, 3.8) is 0 Å². The van der Waals surface area contributed by atoms with Crippen LogP contribution in [0.25, 0.3) is 10.1 Å². The Bertz CT molecular complexity index is 649. The van der Waals surface area contributed by atoms with E-state index in [1.165, 1.54) is 11.3 Å². The summed E-state index contributed by atoms with van der Waals surface area (Å²) in [6.45, 7) is 1.32. The lowest BCUT2D eigenvalue weighted by Crippen LogP contribution is -2.51. The molecule has 6 heteroatoms. The molecule has 0 spiro atoms. The lowest BCUT2D eigenvalue weighted by Gasteiger charge is -2.38. The lowest BCUT2D eigenvalue weighted by molar-refractivity contribution is 0.0366. The van der Waals surface area contributed by atoms with Crippen molar-refractivity contribution in [1.82, 2.24) is 4.90 Å². The van der Waals surface area contributed by atoms with Crippen molar-refractivity contribution < 1.29 is 9.90 Å². The van der Waals surface area contributed by atoms with Gasteiger partial charge in [0.2, 0.25) is 0 Å². The Morgan fingerprint density at radius 1 is 1.42 bits per heavy atom. The van der Waals surface area contributed by atoms with Gasteiger partial charge in [-0.3, -0.25) is 4.79 Å². The van der Waals surface area contributed by atoms with E-state index < -0.39 is 0 Å². The van der Waals surface area contributed by atoms with Crippen molar-refractivity contribution in [2.45, 2.75) is 0 Å². The molecule has 0 unspecified atom stereocenters. The number of aliphatic hydroxyl groups excluding tert-OH is 1. The Balaban J connectivity index is 1.93. The third-order valence-electron chi connectivity index (χ3n) is 3.29. The number of benzene rings is 1. The van der Waals surface area contributed by atoms with E-state index in [1.54, 1.807) is 11.0 Å². The molecule has 0 atom stereocenters. The SMILES string of the molecule is O=C(c1sc2cc(Cl)ccc2c1Cl)N1CC(CO)C1. The Morgan fingerprint density at radius 2 is 2.16 bits per heavy atom. The zero-order chi connectivity index (χ0) is 13.6. The van der Waals surface area contributed by atoms with E-state index in [2.05, 4.69) is 0 Å². The standard InChI is InChI=1S/C13H11Cl2NO2S/c14-8-1-2-9-10(3-8)19-12(11(9)15)13(18)16-4-7(5-16)6-17/h1-3,7,17H,4-6H2. The Hall–Kier alpha value is -0.810. The summed E-state index contributed by atoms with van der Waals surface area (Å²) in [4.78, 5) is 14.6. The van der Waals surface area contributed by atoms with Gasteiger partial charge in [-0.25, -0.2) is 0 Å². The molecular formula is C13H11Cl2NO2S. The molecule has 1 aliphatic rings. The lowest BCUT2D eigenvalue weighted by atomic mass is 10.0. The highest BCUT2D eigenvalue weighted by Crippen LogP contribution is 2.38. The highest BCUT2D eigenvalue weighted by molar-refractivity contribution is 7.21. The molecule has 19 heavy (non-hydrogen) atoms. The molecule has 2 heterocycles. The number of likely N-dealkylation sites (tertiary alicyclic amines) is 1. The zero-order valence-corrected chi connectivity index (χ0v) is 12.2. The van der Waals surface area contributed by atoms with Crippen LogP contribution in [0.4, 0.5) is 0 Å². The molecule has 0 aliphatic carbocycles. The number of halogens is 2. The molecule has 1 amide bonds. The number of aliphatic hydroxyl groups is 1. The Labute approximate surface area is 124 Å². The van der Waals surface area contributed by atoms with Crippen LogP contribution < -0.4 is 0 Å². The summed E-state index contributed by atoms with van der Waals surface area (Å²) in [6.07, 6.45) is 0. The molecule has 3 nitrogen and oxygen atoms in total.